The molecular formula is C12H11Br2N3O. The van der Waals surface area contributed by atoms with Gasteiger partial charge in [0.25, 0.3) is 0 Å². The van der Waals surface area contributed by atoms with Gasteiger partial charge >= 0.3 is 0 Å². The molecule has 0 aliphatic heterocycles. The van der Waals surface area contributed by atoms with E-state index >= 15 is 0 Å². The highest BCUT2D eigenvalue weighted by Gasteiger charge is 2.21. The van der Waals surface area contributed by atoms with Crippen LogP contribution in [-0.2, 0) is 6.54 Å². The monoisotopic (exact) mass is 371 g/mol. The summed E-state index contributed by atoms with van der Waals surface area (Å²) in [6.07, 6.45) is 2.50. The van der Waals surface area contributed by atoms with E-state index in [2.05, 4.69) is 47.4 Å². The minimum atomic E-state index is 0.546. The smallest absolute Gasteiger partial charge is 0.247 e. The molecule has 0 unspecified atom stereocenters. The number of nitrogens with zero attached hydrogens (tertiary/aromatic N) is 2. The fraction of sp³-hybridized carbons (Fsp3) is 0.333. The van der Waals surface area contributed by atoms with E-state index in [0.29, 0.717) is 24.4 Å². The lowest BCUT2D eigenvalue weighted by Crippen LogP contribution is -2.15. The topological polar surface area (TPSA) is 51.0 Å². The first-order valence-electron chi connectivity index (χ1n) is 5.73. The Morgan fingerprint density at radius 2 is 1.89 bits per heavy atom. The average molecular weight is 373 g/mol. The minimum absolute atomic E-state index is 0.546. The van der Waals surface area contributed by atoms with Gasteiger partial charge < -0.3 is 9.73 Å². The molecule has 1 aromatic carbocycles. The zero-order chi connectivity index (χ0) is 12.5. The first-order chi connectivity index (χ1) is 8.70. The molecular weight excluding hydrogens is 362 g/mol. The van der Waals surface area contributed by atoms with Crippen molar-refractivity contribution in [2.24, 2.45) is 0 Å². The molecule has 1 N–H and O–H groups in total. The molecule has 4 nitrogen and oxygen atoms in total. The van der Waals surface area contributed by atoms with Gasteiger partial charge in [0.15, 0.2) is 0 Å². The third-order valence-electron chi connectivity index (χ3n) is 2.70. The Balaban J connectivity index is 1.78. The van der Waals surface area contributed by atoms with Crippen molar-refractivity contribution in [2.45, 2.75) is 25.4 Å². The Labute approximate surface area is 121 Å². The molecule has 0 saturated heterocycles. The van der Waals surface area contributed by atoms with Crippen LogP contribution in [0.25, 0.3) is 11.5 Å². The van der Waals surface area contributed by atoms with E-state index < -0.39 is 0 Å². The van der Waals surface area contributed by atoms with E-state index in [1.807, 2.05) is 18.2 Å². The van der Waals surface area contributed by atoms with Crippen LogP contribution in [0.2, 0.25) is 0 Å². The lowest BCUT2D eigenvalue weighted by Gasteiger charge is -1.98. The maximum atomic E-state index is 5.63. The van der Waals surface area contributed by atoms with Crippen molar-refractivity contribution in [1.82, 2.24) is 15.5 Å². The Kier molecular flexibility index (Phi) is 3.50. The number of aromatic nitrogens is 2. The molecule has 1 saturated carbocycles. The summed E-state index contributed by atoms with van der Waals surface area (Å²) in [6, 6.07) is 6.52. The summed E-state index contributed by atoms with van der Waals surface area (Å²) >= 11 is 6.89. The molecule has 0 bridgehead atoms. The highest BCUT2D eigenvalue weighted by molar-refractivity contribution is 9.11. The van der Waals surface area contributed by atoms with Gasteiger partial charge in [0.2, 0.25) is 11.8 Å². The summed E-state index contributed by atoms with van der Waals surface area (Å²) < 4.78 is 7.58. The van der Waals surface area contributed by atoms with Crippen LogP contribution in [0.4, 0.5) is 0 Å². The van der Waals surface area contributed by atoms with Crippen molar-refractivity contribution in [1.29, 1.82) is 0 Å². The van der Waals surface area contributed by atoms with Crippen LogP contribution in [0.1, 0.15) is 18.7 Å². The molecule has 6 heteroatoms. The third-order valence-corrected chi connectivity index (χ3v) is 3.61. The molecule has 1 fully saturated rings. The molecule has 1 heterocycles. The van der Waals surface area contributed by atoms with Crippen molar-refractivity contribution in [3.63, 3.8) is 0 Å². The number of hydrogen-bond acceptors (Lipinski definition) is 4. The highest BCUT2D eigenvalue weighted by Crippen LogP contribution is 2.27. The number of nitrogens with one attached hydrogen (secondary N) is 1. The maximum absolute atomic E-state index is 5.63. The molecule has 3 rings (SSSR count). The largest absolute Gasteiger partial charge is 0.419 e. The molecule has 0 spiro atoms. The van der Waals surface area contributed by atoms with E-state index in [-0.39, 0.29) is 0 Å². The van der Waals surface area contributed by atoms with Crippen LogP contribution in [-0.4, -0.2) is 16.2 Å². The Hall–Kier alpha value is -0.720. The van der Waals surface area contributed by atoms with Gasteiger partial charge in [-0.2, -0.15) is 0 Å². The molecule has 0 radical (unpaired) electrons. The SMILES string of the molecule is Brc1cc(Br)cc(-c2nnc(CNC3CC3)o2)c1. The Morgan fingerprint density at radius 3 is 2.56 bits per heavy atom. The van der Waals surface area contributed by atoms with Gasteiger partial charge in [-0.15, -0.1) is 10.2 Å². The van der Waals surface area contributed by atoms with Crippen LogP contribution >= 0.6 is 31.9 Å². The number of halogens is 2. The number of hydrogen-bond donors (Lipinski definition) is 1. The predicted octanol–water partition coefficient (Wildman–Crippen LogP) is 3.51. The van der Waals surface area contributed by atoms with Gasteiger partial charge in [-0.25, -0.2) is 0 Å². The van der Waals surface area contributed by atoms with Crippen molar-refractivity contribution in [3.8, 4) is 11.5 Å². The second kappa shape index (κ2) is 5.11. The molecule has 0 amide bonds. The highest BCUT2D eigenvalue weighted by atomic mass is 79.9. The molecule has 94 valence electrons. The predicted molar refractivity (Wildman–Crippen MR) is 75.0 cm³/mol. The number of rotatable bonds is 4. The second-order valence-corrected chi connectivity index (χ2v) is 6.15. The fourth-order valence-electron chi connectivity index (χ4n) is 1.64. The lowest BCUT2D eigenvalue weighted by molar-refractivity contribution is 0.476. The third kappa shape index (κ3) is 2.99. The van der Waals surface area contributed by atoms with Crippen LogP contribution in [0, 0.1) is 0 Å². The van der Waals surface area contributed by atoms with Gasteiger partial charge in [-0.3, -0.25) is 0 Å². The van der Waals surface area contributed by atoms with Crippen LogP contribution in [0.3, 0.4) is 0 Å². The van der Waals surface area contributed by atoms with Crippen LogP contribution in [0.5, 0.6) is 0 Å². The fourth-order valence-corrected chi connectivity index (χ4v) is 2.93. The summed E-state index contributed by atoms with van der Waals surface area (Å²) in [5.41, 5.74) is 0.904. The van der Waals surface area contributed by atoms with Crippen molar-refractivity contribution in [3.05, 3.63) is 33.0 Å². The molecule has 0 atom stereocenters. The molecule has 1 aliphatic rings. The van der Waals surface area contributed by atoms with Gasteiger partial charge in [0.05, 0.1) is 6.54 Å². The Bertz CT molecular complexity index is 546. The summed E-state index contributed by atoms with van der Waals surface area (Å²) in [4.78, 5) is 0. The molecule has 18 heavy (non-hydrogen) atoms. The second-order valence-electron chi connectivity index (χ2n) is 4.31. The van der Waals surface area contributed by atoms with Crippen LogP contribution < -0.4 is 5.32 Å². The van der Waals surface area contributed by atoms with E-state index in [0.717, 1.165) is 14.5 Å². The first kappa shape index (κ1) is 12.3. The van der Waals surface area contributed by atoms with Gasteiger partial charge in [0, 0.05) is 20.6 Å². The van der Waals surface area contributed by atoms with Crippen molar-refractivity contribution in [2.75, 3.05) is 0 Å². The summed E-state index contributed by atoms with van der Waals surface area (Å²) in [5, 5.41) is 11.5. The maximum Gasteiger partial charge on any atom is 0.247 e. The molecule has 1 aliphatic carbocycles. The summed E-state index contributed by atoms with van der Waals surface area (Å²) in [7, 11) is 0. The summed E-state index contributed by atoms with van der Waals surface area (Å²) in [6.45, 7) is 0.646. The zero-order valence-corrected chi connectivity index (χ0v) is 12.7. The van der Waals surface area contributed by atoms with Gasteiger partial charge in [-0.1, -0.05) is 31.9 Å². The molecule has 1 aromatic heterocycles. The minimum Gasteiger partial charge on any atom is -0.419 e. The summed E-state index contributed by atoms with van der Waals surface area (Å²) in [5.74, 6) is 1.18. The standard InChI is InChI=1S/C12H11Br2N3O/c13-8-3-7(4-9(14)5-8)12-17-16-11(18-12)6-15-10-1-2-10/h3-5,10,15H,1-2,6H2. The van der Waals surface area contributed by atoms with E-state index in [9.17, 15) is 0 Å². The Morgan fingerprint density at radius 1 is 1.17 bits per heavy atom. The molecule has 2 aromatic rings. The van der Waals surface area contributed by atoms with Crippen molar-refractivity contribution >= 4 is 31.9 Å². The quantitative estimate of drug-likeness (QED) is 0.892. The average Bonchev–Trinajstić information content (AvgIpc) is 3.02. The van der Waals surface area contributed by atoms with E-state index in [1.165, 1.54) is 12.8 Å². The van der Waals surface area contributed by atoms with Gasteiger partial charge in [0.1, 0.15) is 0 Å². The first-order valence-corrected chi connectivity index (χ1v) is 7.31. The van der Waals surface area contributed by atoms with Crippen LogP contribution in [0.15, 0.2) is 31.6 Å². The normalized spacial score (nSPS) is 15.0. The van der Waals surface area contributed by atoms with Gasteiger partial charge in [-0.05, 0) is 31.0 Å². The van der Waals surface area contributed by atoms with E-state index in [4.69, 9.17) is 4.42 Å². The zero-order valence-electron chi connectivity index (χ0n) is 9.49. The number of benzene rings is 1. The van der Waals surface area contributed by atoms with E-state index in [1.54, 1.807) is 0 Å². The van der Waals surface area contributed by atoms with Crippen molar-refractivity contribution < 1.29 is 4.42 Å². The lowest BCUT2D eigenvalue weighted by atomic mass is 10.2.